The summed E-state index contributed by atoms with van der Waals surface area (Å²) in [5.41, 5.74) is 0. The van der Waals surface area contributed by atoms with Gasteiger partial charge in [-0.25, -0.2) is 0 Å². The molecule has 2 unspecified atom stereocenters. The van der Waals surface area contributed by atoms with Gasteiger partial charge in [-0.3, -0.25) is 0 Å². The van der Waals surface area contributed by atoms with Crippen molar-refractivity contribution < 1.29 is 5.11 Å². The van der Waals surface area contributed by atoms with Gasteiger partial charge in [-0.15, -0.1) is 0 Å². The SMILES string of the molecule is [CH2]CC(C)CCCC(C)CO. The Kier molecular flexibility index (Phi) is 6.63. The lowest BCUT2D eigenvalue weighted by atomic mass is 9.98. The van der Waals surface area contributed by atoms with Crippen molar-refractivity contribution in [3.8, 4) is 0 Å². The maximum absolute atomic E-state index is 8.74. The number of aliphatic hydroxyl groups is 1. The normalized spacial score (nSPS) is 16.4. The molecule has 1 nitrogen and oxygen atoms in total. The van der Waals surface area contributed by atoms with Crippen LogP contribution in [0, 0.1) is 18.8 Å². The summed E-state index contributed by atoms with van der Waals surface area (Å²) in [7, 11) is 0. The quantitative estimate of drug-likeness (QED) is 0.628. The zero-order chi connectivity index (χ0) is 8.69. The van der Waals surface area contributed by atoms with Crippen LogP contribution in [0.4, 0.5) is 0 Å². The highest BCUT2D eigenvalue weighted by atomic mass is 16.3. The third kappa shape index (κ3) is 6.36. The van der Waals surface area contributed by atoms with E-state index in [2.05, 4.69) is 20.8 Å². The molecule has 0 aromatic rings. The van der Waals surface area contributed by atoms with Crippen LogP contribution in [-0.4, -0.2) is 11.7 Å². The summed E-state index contributed by atoms with van der Waals surface area (Å²) >= 11 is 0. The van der Waals surface area contributed by atoms with Gasteiger partial charge in [0.1, 0.15) is 0 Å². The second kappa shape index (κ2) is 6.66. The van der Waals surface area contributed by atoms with Crippen LogP contribution in [0.25, 0.3) is 0 Å². The Bertz CT molecular complexity index is 70.9. The van der Waals surface area contributed by atoms with Gasteiger partial charge >= 0.3 is 0 Å². The van der Waals surface area contributed by atoms with Gasteiger partial charge in [-0.05, 0) is 18.3 Å². The zero-order valence-corrected chi connectivity index (χ0v) is 7.84. The minimum atomic E-state index is 0.332. The van der Waals surface area contributed by atoms with E-state index in [0.717, 1.165) is 18.8 Å². The fraction of sp³-hybridized carbons (Fsp3) is 0.900. The molecule has 0 aromatic carbocycles. The Balaban J connectivity index is 3.13. The van der Waals surface area contributed by atoms with Crippen molar-refractivity contribution in [2.24, 2.45) is 11.8 Å². The molecule has 0 saturated carbocycles. The number of hydrogen-bond donors (Lipinski definition) is 1. The van der Waals surface area contributed by atoms with Crippen LogP contribution < -0.4 is 0 Å². The van der Waals surface area contributed by atoms with E-state index in [-0.39, 0.29) is 0 Å². The Morgan fingerprint density at radius 3 is 2.18 bits per heavy atom. The smallest absolute Gasteiger partial charge is 0.0456 e. The fourth-order valence-corrected chi connectivity index (χ4v) is 1.05. The zero-order valence-electron chi connectivity index (χ0n) is 7.84. The summed E-state index contributed by atoms with van der Waals surface area (Å²) in [6.07, 6.45) is 4.68. The molecule has 0 spiro atoms. The van der Waals surface area contributed by atoms with Crippen molar-refractivity contribution in [1.29, 1.82) is 0 Å². The first-order valence-electron chi connectivity index (χ1n) is 4.60. The van der Waals surface area contributed by atoms with Crippen LogP contribution in [0.5, 0.6) is 0 Å². The second-order valence-corrected chi connectivity index (χ2v) is 3.61. The highest BCUT2D eigenvalue weighted by molar-refractivity contribution is 4.57. The van der Waals surface area contributed by atoms with Gasteiger partial charge in [0, 0.05) is 6.61 Å². The van der Waals surface area contributed by atoms with Crippen molar-refractivity contribution in [2.75, 3.05) is 6.61 Å². The summed E-state index contributed by atoms with van der Waals surface area (Å²) in [5, 5.41) is 8.74. The van der Waals surface area contributed by atoms with E-state index in [1.165, 1.54) is 12.8 Å². The lowest BCUT2D eigenvalue weighted by Crippen LogP contribution is -2.01. The van der Waals surface area contributed by atoms with Gasteiger partial charge in [0.25, 0.3) is 0 Å². The molecular formula is C10H21O. The summed E-state index contributed by atoms with van der Waals surface area (Å²) in [5.74, 6) is 1.23. The molecule has 67 valence electrons. The predicted octanol–water partition coefficient (Wildman–Crippen LogP) is 2.65. The van der Waals surface area contributed by atoms with E-state index < -0.39 is 0 Å². The monoisotopic (exact) mass is 157 g/mol. The number of rotatable bonds is 6. The Morgan fingerprint density at radius 2 is 1.73 bits per heavy atom. The van der Waals surface area contributed by atoms with E-state index in [4.69, 9.17) is 5.11 Å². The van der Waals surface area contributed by atoms with Crippen LogP contribution in [0.2, 0.25) is 0 Å². The van der Waals surface area contributed by atoms with Crippen LogP contribution in [0.1, 0.15) is 39.5 Å². The molecule has 0 aromatic heterocycles. The maximum Gasteiger partial charge on any atom is 0.0456 e. The first kappa shape index (κ1) is 11.0. The van der Waals surface area contributed by atoms with Crippen molar-refractivity contribution in [1.82, 2.24) is 0 Å². The van der Waals surface area contributed by atoms with Crippen LogP contribution in [0.15, 0.2) is 0 Å². The molecule has 0 aliphatic heterocycles. The molecule has 2 atom stereocenters. The van der Waals surface area contributed by atoms with Gasteiger partial charge in [0.15, 0.2) is 0 Å². The van der Waals surface area contributed by atoms with E-state index in [0.29, 0.717) is 12.5 Å². The molecule has 1 radical (unpaired) electrons. The molecule has 0 heterocycles. The molecule has 0 rings (SSSR count). The van der Waals surface area contributed by atoms with Crippen molar-refractivity contribution in [3.63, 3.8) is 0 Å². The number of hydrogen-bond acceptors (Lipinski definition) is 1. The molecule has 0 aliphatic rings. The maximum atomic E-state index is 8.74. The number of aliphatic hydroxyl groups excluding tert-OH is 1. The molecule has 0 bridgehead atoms. The lowest BCUT2D eigenvalue weighted by Gasteiger charge is -2.10. The van der Waals surface area contributed by atoms with Gasteiger partial charge in [-0.2, -0.15) is 0 Å². The minimum Gasteiger partial charge on any atom is -0.396 e. The minimum absolute atomic E-state index is 0.332. The molecule has 0 saturated heterocycles. The molecule has 0 amide bonds. The van der Waals surface area contributed by atoms with E-state index in [1.807, 2.05) is 0 Å². The van der Waals surface area contributed by atoms with Crippen molar-refractivity contribution >= 4 is 0 Å². The molecule has 11 heavy (non-hydrogen) atoms. The predicted molar refractivity (Wildman–Crippen MR) is 49.2 cm³/mol. The van der Waals surface area contributed by atoms with Crippen LogP contribution in [0.3, 0.4) is 0 Å². The van der Waals surface area contributed by atoms with E-state index >= 15 is 0 Å². The lowest BCUT2D eigenvalue weighted by molar-refractivity contribution is 0.225. The highest BCUT2D eigenvalue weighted by Gasteiger charge is 2.02. The Labute approximate surface area is 70.8 Å². The third-order valence-corrected chi connectivity index (χ3v) is 2.20. The molecule has 0 fully saturated rings. The van der Waals surface area contributed by atoms with Crippen LogP contribution in [-0.2, 0) is 0 Å². The highest BCUT2D eigenvalue weighted by Crippen LogP contribution is 2.14. The van der Waals surface area contributed by atoms with E-state index in [1.54, 1.807) is 0 Å². The van der Waals surface area contributed by atoms with Gasteiger partial charge in [0.2, 0.25) is 0 Å². The molecule has 1 N–H and O–H groups in total. The average molecular weight is 157 g/mol. The van der Waals surface area contributed by atoms with Gasteiger partial charge in [-0.1, -0.05) is 40.0 Å². The van der Waals surface area contributed by atoms with Gasteiger partial charge in [0.05, 0.1) is 0 Å². The fourth-order valence-electron chi connectivity index (χ4n) is 1.05. The summed E-state index contributed by atoms with van der Waals surface area (Å²) < 4.78 is 0. The van der Waals surface area contributed by atoms with Gasteiger partial charge < -0.3 is 5.11 Å². The van der Waals surface area contributed by atoms with E-state index in [9.17, 15) is 0 Å². The van der Waals surface area contributed by atoms with Crippen molar-refractivity contribution in [3.05, 3.63) is 6.92 Å². The third-order valence-electron chi connectivity index (χ3n) is 2.20. The molecule has 0 aliphatic carbocycles. The molecular weight excluding hydrogens is 136 g/mol. The van der Waals surface area contributed by atoms with Crippen molar-refractivity contribution in [2.45, 2.75) is 39.5 Å². The standard InChI is InChI=1S/C10H21O/c1-4-9(2)6-5-7-10(3)8-11/h9-11H,1,4-8H2,2-3H3. The first-order chi connectivity index (χ1) is 5.20. The summed E-state index contributed by atoms with van der Waals surface area (Å²) in [4.78, 5) is 0. The first-order valence-corrected chi connectivity index (χ1v) is 4.60. The summed E-state index contributed by atoms with van der Waals surface area (Å²) in [6.45, 7) is 8.51. The topological polar surface area (TPSA) is 20.2 Å². The largest absolute Gasteiger partial charge is 0.396 e. The molecule has 1 heteroatoms. The second-order valence-electron chi connectivity index (χ2n) is 3.61. The Hall–Kier alpha value is -0.0400. The Morgan fingerprint density at radius 1 is 1.18 bits per heavy atom. The summed E-state index contributed by atoms with van der Waals surface area (Å²) in [6, 6.07) is 0. The van der Waals surface area contributed by atoms with Crippen LogP contribution >= 0.6 is 0 Å². The average Bonchev–Trinajstić information content (AvgIpc) is 2.04.